The van der Waals surface area contributed by atoms with E-state index in [1.807, 2.05) is 13.8 Å². The fourth-order valence-corrected chi connectivity index (χ4v) is 1.79. The minimum atomic E-state index is -1.13. The summed E-state index contributed by atoms with van der Waals surface area (Å²) in [6.07, 6.45) is -0.416. The molecule has 2 rings (SSSR count). The number of rotatable bonds is 5. The molecule has 0 saturated carbocycles. The molecule has 2 N–H and O–H groups in total. The predicted molar refractivity (Wildman–Crippen MR) is 76.3 cm³/mol. The van der Waals surface area contributed by atoms with Crippen molar-refractivity contribution in [2.24, 2.45) is 0 Å². The lowest BCUT2D eigenvalue weighted by Gasteiger charge is -2.05. The molecule has 0 bridgehead atoms. The molecule has 0 aliphatic carbocycles. The molecule has 0 aliphatic rings. The van der Waals surface area contributed by atoms with E-state index in [1.54, 1.807) is 0 Å². The van der Waals surface area contributed by atoms with Gasteiger partial charge >= 0.3 is 5.97 Å². The number of halogens is 1. The van der Waals surface area contributed by atoms with Gasteiger partial charge in [0.25, 0.3) is 5.91 Å². The average molecular weight is 306 g/mol. The van der Waals surface area contributed by atoms with Crippen LogP contribution in [-0.4, -0.2) is 22.1 Å². The molecule has 0 saturated heterocycles. The highest BCUT2D eigenvalue weighted by Gasteiger charge is 2.15. The first-order chi connectivity index (χ1) is 10.4. The Bertz CT molecular complexity index is 709. The Morgan fingerprint density at radius 3 is 2.64 bits per heavy atom. The Balaban J connectivity index is 2.11. The molecule has 1 amide bonds. The van der Waals surface area contributed by atoms with Crippen molar-refractivity contribution < 1.29 is 23.6 Å². The number of amides is 1. The van der Waals surface area contributed by atoms with Crippen LogP contribution in [0.1, 0.15) is 41.6 Å². The third kappa shape index (κ3) is 3.69. The molecular weight excluding hydrogens is 291 g/mol. The van der Waals surface area contributed by atoms with Crippen molar-refractivity contribution in [2.45, 2.75) is 26.2 Å². The molecule has 0 aliphatic heterocycles. The number of aromatic nitrogens is 1. The smallest absolute Gasteiger partial charge is 0.307 e. The van der Waals surface area contributed by atoms with E-state index < -0.39 is 24.1 Å². The van der Waals surface area contributed by atoms with Crippen LogP contribution in [0.2, 0.25) is 0 Å². The number of hydrogen-bond acceptors (Lipinski definition) is 4. The lowest BCUT2D eigenvalue weighted by molar-refractivity contribution is -0.136. The fourth-order valence-electron chi connectivity index (χ4n) is 1.79. The van der Waals surface area contributed by atoms with E-state index in [4.69, 9.17) is 9.63 Å². The molecule has 22 heavy (non-hydrogen) atoms. The van der Waals surface area contributed by atoms with E-state index in [1.165, 1.54) is 18.2 Å². The van der Waals surface area contributed by atoms with E-state index in [-0.39, 0.29) is 22.9 Å². The molecule has 0 spiro atoms. The number of carbonyl (C=O) groups excluding carboxylic acids is 1. The third-order valence-corrected chi connectivity index (χ3v) is 2.98. The van der Waals surface area contributed by atoms with Gasteiger partial charge in [-0.05, 0) is 17.7 Å². The third-order valence-electron chi connectivity index (χ3n) is 2.98. The molecule has 0 radical (unpaired) electrons. The fraction of sp³-hybridized carbons (Fsp3) is 0.267. The summed E-state index contributed by atoms with van der Waals surface area (Å²) in [5, 5.41) is 14.8. The summed E-state index contributed by atoms with van der Waals surface area (Å²) in [5.41, 5.74) is 0.360. The van der Waals surface area contributed by atoms with Crippen molar-refractivity contribution in [1.29, 1.82) is 0 Å². The molecule has 7 heteroatoms. The zero-order valence-corrected chi connectivity index (χ0v) is 12.1. The van der Waals surface area contributed by atoms with Crippen LogP contribution in [-0.2, 0) is 11.2 Å². The number of aliphatic carboxylic acids is 1. The van der Waals surface area contributed by atoms with Gasteiger partial charge in [0.1, 0.15) is 11.6 Å². The summed E-state index contributed by atoms with van der Waals surface area (Å²) < 4.78 is 18.7. The van der Waals surface area contributed by atoms with Crippen LogP contribution >= 0.6 is 0 Å². The first kappa shape index (κ1) is 15.7. The summed E-state index contributed by atoms with van der Waals surface area (Å²) in [7, 11) is 0. The largest absolute Gasteiger partial charge is 0.481 e. The number of nitrogens with zero attached hydrogens (tertiary/aromatic N) is 1. The molecule has 0 atom stereocenters. The first-order valence-electron chi connectivity index (χ1n) is 6.65. The SMILES string of the molecule is CC(C)c1cc(C(=O)Nc2ccc(CC(=O)O)c(F)c2)no1. The van der Waals surface area contributed by atoms with Gasteiger partial charge in [-0.2, -0.15) is 0 Å². The molecule has 0 fully saturated rings. The van der Waals surface area contributed by atoms with Crippen molar-refractivity contribution in [2.75, 3.05) is 5.32 Å². The van der Waals surface area contributed by atoms with E-state index in [2.05, 4.69) is 10.5 Å². The topological polar surface area (TPSA) is 92.4 Å². The standard InChI is InChI=1S/C15H15FN2O4/c1-8(2)13-7-12(18-22-13)15(21)17-10-4-3-9(5-14(19)20)11(16)6-10/h3-4,6-8H,5H2,1-2H3,(H,17,21)(H,19,20). The number of benzene rings is 1. The van der Waals surface area contributed by atoms with Gasteiger partial charge < -0.3 is 14.9 Å². The van der Waals surface area contributed by atoms with Crippen molar-refractivity contribution in [1.82, 2.24) is 5.16 Å². The average Bonchev–Trinajstić information content (AvgIpc) is 2.91. The second kappa shape index (κ2) is 6.38. The van der Waals surface area contributed by atoms with Gasteiger partial charge in [-0.25, -0.2) is 4.39 Å². The normalized spacial score (nSPS) is 10.7. The second-order valence-electron chi connectivity index (χ2n) is 5.10. The number of anilines is 1. The van der Waals surface area contributed by atoms with Crippen LogP contribution in [0.5, 0.6) is 0 Å². The quantitative estimate of drug-likeness (QED) is 0.886. The van der Waals surface area contributed by atoms with Gasteiger partial charge in [0.05, 0.1) is 6.42 Å². The minimum absolute atomic E-state index is 0.0500. The van der Waals surface area contributed by atoms with Crippen LogP contribution in [0.4, 0.5) is 10.1 Å². The van der Waals surface area contributed by atoms with Crippen LogP contribution in [0.3, 0.4) is 0 Å². The maximum Gasteiger partial charge on any atom is 0.307 e. The molecule has 1 aromatic heterocycles. The zero-order chi connectivity index (χ0) is 16.3. The number of carboxylic acid groups (broad SMARTS) is 1. The zero-order valence-electron chi connectivity index (χ0n) is 12.1. The summed E-state index contributed by atoms with van der Waals surface area (Å²) in [6.45, 7) is 3.80. The lowest BCUT2D eigenvalue weighted by atomic mass is 10.1. The van der Waals surface area contributed by atoms with Crippen molar-refractivity contribution in [3.8, 4) is 0 Å². The van der Waals surface area contributed by atoms with Crippen LogP contribution in [0.15, 0.2) is 28.8 Å². The summed E-state index contributed by atoms with van der Waals surface area (Å²) in [4.78, 5) is 22.5. The Morgan fingerprint density at radius 1 is 1.36 bits per heavy atom. The maximum atomic E-state index is 13.7. The summed E-state index contributed by atoms with van der Waals surface area (Å²) in [5.74, 6) is -1.67. The van der Waals surface area contributed by atoms with E-state index >= 15 is 0 Å². The molecule has 116 valence electrons. The Hall–Kier alpha value is -2.70. The molecule has 1 heterocycles. The van der Waals surface area contributed by atoms with Crippen molar-refractivity contribution in [3.05, 3.63) is 47.1 Å². The molecule has 0 unspecified atom stereocenters. The van der Waals surface area contributed by atoms with Crippen LogP contribution in [0, 0.1) is 5.82 Å². The first-order valence-corrected chi connectivity index (χ1v) is 6.65. The number of carboxylic acids is 1. The highest BCUT2D eigenvalue weighted by molar-refractivity contribution is 6.02. The van der Waals surface area contributed by atoms with Gasteiger partial charge in [-0.15, -0.1) is 0 Å². The Labute approximate surface area is 125 Å². The van der Waals surface area contributed by atoms with E-state index in [0.29, 0.717) is 5.76 Å². The Morgan fingerprint density at radius 2 is 2.09 bits per heavy atom. The number of hydrogen-bond donors (Lipinski definition) is 2. The van der Waals surface area contributed by atoms with Crippen LogP contribution < -0.4 is 5.32 Å². The van der Waals surface area contributed by atoms with Crippen molar-refractivity contribution >= 4 is 17.6 Å². The monoisotopic (exact) mass is 306 g/mol. The van der Waals surface area contributed by atoms with Gasteiger partial charge in [0.2, 0.25) is 0 Å². The highest BCUT2D eigenvalue weighted by atomic mass is 19.1. The number of nitrogens with one attached hydrogen (secondary N) is 1. The van der Waals surface area contributed by atoms with Crippen molar-refractivity contribution in [3.63, 3.8) is 0 Å². The van der Waals surface area contributed by atoms with Crippen LogP contribution in [0.25, 0.3) is 0 Å². The van der Waals surface area contributed by atoms with Gasteiger partial charge in [0.15, 0.2) is 5.69 Å². The maximum absolute atomic E-state index is 13.7. The second-order valence-corrected chi connectivity index (χ2v) is 5.10. The van der Waals surface area contributed by atoms with Gasteiger partial charge in [-0.3, -0.25) is 9.59 Å². The molecule has 6 nitrogen and oxygen atoms in total. The molecular formula is C15H15FN2O4. The minimum Gasteiger partial charge on any atom is -0.481 e. The van der Waals surface area contributed by atoms with E-state index in [9.17, 15) is 14.0 Å². The lowest BCUT2D eigenvalue weighted by Crippen LogP contribution is -2.13. The van der Waals surface area contributed by atoms with Gasteiger partial charge in [0, 0.05) is 17.7 Å². The number of carbonyl (C=O) groups is 2. The molecule has 1 aromatic carbocycles. The van der Waals surface area contributed by atoms with Gasteiger partial charge in [-0.1, -0.05) is 25.1 Å². The summed E-state index contributed by atoms with van der Waals surface area (Å²) in [6, 6.07) is 5.35. The Kier molecular flexibility index (Phi) is 4.55. The highest BCUT2D eigenvalue weighted by Crippen LogP contribution is 2.18. The predicted octanol–water partition coefficient (Wildman–Crippen LogP) is 2.82. The summed E-state index contributed by atoms with van der Waals surface area (Å²) >= 11 is 0. The molecule has 2 aromatic rings. The van der Waals surface area contributed by atoms with E-state index in [0.717, 1.165) is 6.07 Å².